The van der Waals surface area contributed by atoms with E-state index >= 15 is 0 Å². The topological polar surface area (TPSA) is 41.6 Å². The van der Waals surface area contributed by atoms with Crippen LogP contribution in [0, 0.1) is 11.8 Å². The molecule has 126 valence electrons. The van der Waals surface area contributed by atoms with Crippen molar-refractivity contribution in [1.29, 1.82) is 0 Å². The molecule has 1 atom stereocenters. The first kappa shape index (κ1) is 16.3. The molecule has 0 radical (unpaired) electrons. The highest BCUT2D eigenvalue weighted by Gasteiger charge is 2.36. The Morgan fingerprint density at radius 1 is 1.30 bits per heavy atom. The van der Waals surface area contributed by atoms with Gasteiger partial charge in [0.25, 0.3) is 0 Å². The second kappa shape index (κ2) is 6.91. The average molecular weight is 316 g/mol. The number of amides is 1. The van der Waals surface area contributed by atoms with Crippen LogP contribution in [0.1, 0.15) is 43.9 Å². The fourth-order valence-corrected chi connectivity index (χ4v) is 4.13. The normalized spacial score (nSPS) is 22.1. The summed E-state index contributed by atoms with van der Waals surface area (Å²) in [5.41, 5.74) is 2.55. The molecular weight excluding hydrogens is 288 g/mol. The molecule has 2 heterocycles. The Morgan fingerprint density at radius 3 is 2.70 bits per heavy atom. The van der Waals surface area contributed by atoms with Crippen LogP contribution in [0.5, 0.6) is 5.75 Å². The molecule has 1 amide bonds. The van der Waals surface area contributed by atoms with Gasteiger partial charge in [0.15, 0.2) is 0 Å². The molecular formula is C19H28N2O2. The molecule has 1 N–H and O–H groups in total. The third kappa shape index (κ3) is 3.09. The van der Waals surface area contributed by atoms with Crippen LogP contribution >= 0.6 is 0 Å². The van der Waals surface area contributed by atoms with E-state index < -0.39 is 0 Å². The van der Waals surface area contributed by atoms with Crippen LogP contribution in [0.2, 0.25) is 0 Å². The molecule has 2 aliphatic rings. The standard InChI is InChI=1S/C19H28N2O2/c1-13(2)18-16-5-4-6-17(23-3)15(16)9-12-21(18)19(22)14-7-10-20-11-8-14/h4-6,13-14,18,20H,7-12H2,1-3H3. The third-order valence-electron chi connectivity index (χ3n) is 5.25. The van der Waals surface area contributed by atoms with E-state index in [2.05, 4.69) is 30.1 Å². The quantitative estimate of drug-likeness (QED) is 0.932. The molecule has 1 saturated heterocycles. The molecule has 4 nitrogen and oxygen atoms in total. The van der Waals surface area contributed by atoms with Crippen LogP contribution in [0.15, 0.2) is 18.2 Å². The fourth-order valence-electron chi connectivity index (χ4n) is 4.13. The van der Waals surface area contributed by atoms with Crippen molar-refractivity contribution in [2.45, 2.75) is 39.2 Å². The molecule has 1 fully saturated rings. The number of nitrogens with one attached hydrogen (secondary N) is 1. The van der Waals surface area contributed by atoms with E-state index in [1.54, 1.807) is 7.11 Å². The number of hydrogen-bond donors (Lipinski definition) is 1. The maximum Gasteiger partial charge on any atom is 0.226 e. The second-order valence-corrected chi connectivity index (χ2v) is 7.02. The van der Waals surface area contributed by atoms with E-state index in [0.29, 0.717) is 11.8 Å². The van der Waals surface area contributed by atoms with E-state index in [1.165, 1.54) is 11.1 Å². The molecule has 2 aliphatic heterocycles. The molecule has 1 unspecified atom stereocenters. The first-order chi connectivity index (χ1) is 11.1. The average Bonchev–Trinajstić information content (AvgIpc) is 2.60. The number of carbonyl (C=O) groups excluding carboxylic acids is 1. The van der Waals surface area contributed by atoms with Gasteiger partial charge in [-0.15, -0.1) is 0 Å². The number of ether oxygens (including phenoxy) is 1. The molecule has 1 aromatic rings. The smallest absolute Gasteiger partial charge is 0.226 e. The first-order valence-electron chi connectivity index (χ1n) is 8.80. The first-order valence-corrected chi connectivity index (χ1v) is 8.80. The predicted molar refractivity (Wildman–Crippen MR) is 91.6 cm³/mol. The number of carbonyl (C=O) groups is 1. The molecule has 23 heavy (non-hydrogen) atoms. The molecule has 0 bridgehead atoms. The fraction of sp³-hybridized carbons (Fsp3) is 0.632. The van der Waals surface area contributed by atoms with Crippen LogP contribution in [-0.2, 0) is 11.2 Å². The van der Waals surface area contributed by atoms with Crippen LogP contribution in [-0.4, -0.2) is 37.6 Å². The zero-order valence-electron chi connectivity index (χ0n) is 14.5. The Balaban J connectivity index is 1.91. The molecule has 0 aromatic heterocycles. The van der Waals surface area contributed by atoms with Gasteiger partial charge in [-0.2, -0.15) is 0 Å². The SMILES string of the molecule is COc1cccc2c1CCN(C(=O)C1CCNCC1)C2C(C)C. The lowest BCUT2D eigenvalue weighted by atomic mass is 9.84. The monoisotopic (exact) mass is 316 g/mol. The van der Waals surface area contributed by atoms with Gasteiger partial charge in [-0.3, -0.25) is 4.79 Å². The summed E-state index contributed by atoms with van der Waals surface area (Å²) < 4.78 is 5.54. The lowest BCUT2D eigenvalue weighted by Crippen LogP contribution is -2.47. The van der Waals surface area contributed by atoms with Crippen molar-refractivity contribution in [2.75, 3.05) is 26.7 Å². The summed E-state index contributed by atoms with van der Waals surface area (Å²) in [7, 11) is 1.73. The van der Waals surface area contributed by atoms with E-state index in [0.717, 1.165) is 44.6 Å². The Hall–Kier alpha value is -1.55. The van der Waals surface area contributed by atoms with Crippen molar-refractivity contribution in [1.82, 2.24) is 10.2 Å². The van der Waals surface area contributed by atoms with Crippen molar-refractivity contribution < 1.29 is 9.53 Å². The van der Waals surface area contributed by atoms with E-state index in [-0.39, 0.29) is 12.0 Å². The lowest BCUT2D eigenvalue weighted by molar-refractivity contribution is -0.140. The van der Waals surface area contributed by atoms with E-state index in [9.17, 15) is 4.79 Å². The lowest BCUT2D eigenvalue weighted by Gasteiger charge is -2.42. The summed E-state index contributed by atoms with van der Waals surface area (Å²) in [4.78, 5) is 15.2. The Morgan fingerprint density at radius 2 is 2.04 bits per heavy atom. The maximum atomic E-state index is 13.1. The number of rotatable bonds is 3. The summed E-state index contributed by atoms with van der Waals surface area (Å²) in [5, 5.41) is 3.35. The van der Waals surface area contributed by atoms with Crippen molar-refractivity contribution in [3.8, 4) is 5.75 Å². The van der Waals surface area contributed by atoms with Crippen LogP contribution < -0.4 is 10.1 Å². The van der Waals surface area contributed by atoms with Crippen LogP contribution in [0.3, 0.4) is 0 Å². The van der Waals surface area contributed by atoms with Crippen molar-refractivity contribution in [3.63, 3.8) is 0 Å². The second-order valence-electron chi connectivity index (χ2n) is 7.02. The summed E-state index contributed by atoms with van der Waals surface area (Å²) in [5.74, 6) is 1.89. The molecule has 0 saturated carbocycles. The van der Waals surface area contributed by atoms with Gasteiger partial charge in [0.1, 0.15) is 5.75 Å². The van der Waals surface area contributed by atoms with Crippen LogP contribution in [0.4, 0.5) is 0 Å². The van der Waals surface area contributed by atoms with Gasteiger partial charge in [-0.1, -0.05) is 26.0 Å². The molecule has 0 aliphatic carbocycles. The number of piperidine rings is 1. The van der Waals surface area contributed by atoms with Gasteiger partial charge in [-0.25, -0.2) is 0 Å². The molecule has 0 spiro atoms. The highest BCUT2D eigenvalue weighted by atomic mass is 16.5. The van der Waals surface area contributed by atoms with E-state index in [1.807, 2.05) is 12.1 Å². The van der Waals surface area contributed by atoms with Crippen molar-refractivity contribution in [3.05, 3.63) is 29.3 Å². The number of hydrogen-bond acceptors (Lipinski definition) is 3. The summed E-state index contributed by atoms with van der Waals surface area (Å²) in [6.45, 7) is 7.14. The van der Waals surface area contributed by atoms with Crippen molar-refractivity contribution >= 4 is 5.91 Å². The van der Waals surface area contributed by atoms with Gasteiger partial charge in [0, 0.05) is 18.0 Å². The molecule has 1 aromatic carbocycles. The van der Waals surface area contributed by atoms with Crippen molar-refractivity contribution in [2.24, 2.45) is 11.8 Å². The van der Waals surface area contributed by atoms with Gasteiger partial charge in [0.2, 0.25) is 5.91 Å². The Labute approximate surface area is 139 Å². The number of fused-ring (bicyclic) bond motifs is 1. The van der Waals surface area contributed by atoms with E-state index in [4.69, 9.17) is 4.74 Å². The highest BCUT2D eigenvalue weighted by Crippen LogP contribution is 2.40. The van der Waals surface area contributed by atoms with Gasteiger partial charge in [0.05, 0.1) is 13.2 Å². The summed E-state index contributed by atoms with van der Waals surface area (Å²) >= 11 is 0. The third-order valence-corrected chi connectivity index (χ3v) is 5.25. The minimum absolute atomic E-state index is 0.163. The zero-order chi connectivity index (χ0) is 16.4. The predicted octanol–water partition coefficient (Wildman–Crippen LogP) is 2.78. The minimum atomic E-state index is 0.163. The number of nitrogens with zero attached hydrogens (tertiary/aromatic N) is 1. The molecule has 4 heteroatoms. The maximum absolute atomic E-state index is 13.1. The Bertz CT molecular complexity index is 564. The van der Waals surface area contributed by atoms with Gasteiger partial charge in [-0.05, 0) is 49.9 Å². The van der Waals surface area contributed by atoms with Gasteiger partial charge >= 0.3 is 0 Å². The summed E-state index contributed by atoms with van der Waals surface area (Å²) in [6.07, 6.45) is 2.81. The molecule has 3 rings (SSSR count). The minimum Gasteiger partial charge on any atom is -0.496 e. The summed E-state index contributed by atoms with van der Waals surface area (Å²) in [6, 6.07) is 6.41. The largest absolute Gasteiger partial charge is 0.496 e. The highest BCUT2D eigenvalue weighted by molar-refractivity contribution is 5.80. The van der Waals surface area contributed by atoms with Gasteiger partial charge < -0.3 is 15.0 Å². The Kier molecular flexibility index (Phi) is 4.90. The van der Waals surface area contributed by atoms with Crippen LogP contribution in [0.25, 0.3) is 0 Å². The zero-order valence-corrected chi connectivity index (χ0v) is 14.5. The number of benzene rings is 1. The number of methoxy groups -OCH3 is 1.